The van der Waals surface area contributed by atoms with Gasteiger partial charge in [-0.25, -0.2) is 13.8 Å². The summed E-state index contributed by atoms with van der Waals surface area (Å²) in [7, 11) is 0. The Hall–Kier alpha value is -3.22. The number of alkyl halides is 2. The zero-order chi connectivity index (χ0) is 23.8. The topological polar surface area (TPSA) is 70.9 Å². The summed E-state index contributed by atoms with van der Waals surface area (Å²) in [6.07, 6.45) is 16.4. The van der Waals surface area contributed by atoms with Gasteiger partial charge in [0.2, 0.25) is 0 Å². The molecule has 7 heteroatoms. The summed E-state index contributed by atoms with van der Waals surface area (Å²) in [5.41, 5.74) is 2.59. The Labute approximate surface area is 192 Å². The van der Waals surface area contributed by atoms with E-state index in [2.05, 4.69) is 34.4 Å². The monoisotopic (exact) mass is 451 g/mol. The van der Waals surface area contributed by atoms with Crippen LogP contribution < -0.4 is 5.32 Å². The lowest BCUT2D eigenvalue weighted by Gasteiger charge is -2.23. The van der Waals surface area contributed by atoms with E-state index in [1.54, 1.807) is 18.5 Å². The molecule has 5 nitrogen and oxygen atoms in total. The predicted octanol–water partition coefficient (Wildman–Crippen LogP) is 4.81. The third-order valence-electron chi connectivity index (χ3n) is 6.23. The van der Waals surface area contributed by atoms with Gasteiger partial charge in [-0.1, -0.05) is 31.2 Å². The highest BCUT2D eigenvalue weighted by Crippen LogP contribution is 2.39. The van der Waals surface area contributed by atoms with E-state index in [0.717, 1.165) is 24.5 Å². The molecule has 0 aromatic carbocycles. The average molecular weight is 452 g/mol. The predicted molar refractivity (Wildman–Crippen MR) is 125 cm³/mol. The molecule has 33 heavy (non-hydrogen) atoms. The van der Waals surface area contributed by atoms with E-state index in [0.29, 0.717) is 24.3 Å². The molecular weight excluding hydrogens is 424 g/mol. The van der Waals surface area contributed by atoms with Crippen LogP contribution >= 0.6 is 0 Å². The van der Waals surface area contributed by atoms with E-state index in [4.69, 9.17) is 0 Å². The first-order valence-electron chi connectivity index (χ1n) is 11.2. The molecule has 0 saturated carbocycles. The highest BCUT2D eigenvalue weighted by Gasteiger charge is 2.39. The van der Waals surface area contributed by atoms with Crippen LogP contribution in [0.5, 0.6) is 0 Å². The van der Waals surface area contributed by atoms with Crippen LogP contribution in [-0.4, -0.2) is 35.6 Å². The van der Waals surface area contributed by atoms with Crippen molar-refractivity contribution in [1.82, 2.24) is 5.32 Å². The van der Waals surface area contributed by atoms with Gasteiger partial charge in [-0.3, -0.25) is 14.6 Å². The van der Waals surface area contributed by atoms with Gasteiger partial charge in [0.15, 0.2) is 5.78 Å². The number of rotatable bonds is 8. The number of carbonyl (C=O) groups is 2. The van der Waals surface area contributed by atoms with Crippen molar-refractivity contribution in [2.45, 2.75) is 52.0 Å². The lowest BCUT2D eigenvalue weighted by molar-refractivity contribution is -0.124. The minimum absolute atomic E-state index is 0.0490. The maximum absolute atomic E-state index is 14.5. The molecule has 0 radical (unpaired) electrons. The second-order valence-electron chi connectivity index (χ2n) is 8.86. The van der Waals surface area contributed by atoms with E-state index in [1.165, 1.54) is 13.0 Å². The minimum Gasteiger partial charge on any atom is -0.341 e. The zero-order valence-electron chi connectivity index (χ0n) is 18.9. The minimum atomic E-state index is -3.11. The van der Waals surface area contributed by atoms with Crippen LogP contribution in [0.4, 0.5) is 8.78 Å². The third-order valence-corrected chi connectivity index (χ3v) is 6.23. The standard InChI is InChI=1S/C26H27F2N3O2/c1-4-16-5-6-18(9-16)19-11-20-13-23(30-24(20)21(12-19)26(3,27)28)25(33)31-22(15(2)32)10-17-7-8-29-14-17/h5-6,8-9,11-14,16,20,22H,4,7,10H2,1-3H3,(H,31,33). The van der Waals surface area contributed by atoms with Gasteiger partial charge >= 0.3 is 0 Å². The number of fused-ring (bicyclic) bond motifs is 1. The summed E-state index contributed by atoms with van der Waals surface area (Å²) in [5, 5.41) is 2.72. The van der Waals surface area contributed by atoms with Crippen molar-refractivity contribution < 1.29 is 18.4 Å². The van der Waals surface area contributed by atoms with Crippen molar-refractivity contribution in [2.75, 3.05) is 0 Å². The number of hydrogen-bond donors (Lipinski definition) is 1. The van der Waals surface area contributed by atoms with Crippen molar-refractivity contribution in [3.63, 3.8) is 0 Å². The summed E-state index contributed by atoms with van der Waals surface area (Å²) >= 11 is 0. The van der Waals surface area contributed by atoms with Crippen LogP contribution in [0.2, 0.25) is 0 Å². The van der Waals surface area contributed by atoms with Crippen LogP contribution in [-0.2, 0) is 9.59 Å². The normalized spacial score (nSPS) is 24.4. The number of hydrogen-bond acceptors (Lipinski definition) is 4. The molecule has 4 aliphatic rings. The van der Waals surface area contributed by atoms with E-state index >= 15 is 0 Å². The van der Waals surface area contributed by atoms with Crippen LogP contribution in [0.1, 0.15) is 40.0 Å². The Morgan fingerprint density at radius 1 is 1.24 bits per heavy atom. The fourth-order valence-corrected chi connectivity index (χ4v) is 4.31. The Kier molecular flexibility index (Phi) is 6.23. The van der Waals surface area contributed by atoms with Crippen LogP contribution in [0.25, 0.3) is 0 Å². The smallest absolute Gasteiger partial charge is 0.272 e. The van der Waals surface area contributed by atoms with Gasteiger partial charge in [-0.05, 0) is 54.6 Å². The van der Waals surface area contributed by atoms with Crippen molar-refractivity contribution in [3.8, 4) is 0 Å². The van der Waals surface area contributed by atoms with Gasteiger partial charge in [0.1, 0.15) is 5.70 Å². The lowest BCUT2D eigenvalue weighted by atomic mass is 9.84. The molecule has 3 atom stereocenters. The molecule has 1 amide bonds. The van der Waals surface area contributed by atoms with E-state index in [1.807, 2.05) is 12.2 Å². The number of allylic oxidation sites excluding steroid dienone is 9. The number of aliphatic imine (C=N–C) groups is 2. The largest absolute Gasteiger partial charge is 0.341 e. The zero-order valence-corrected chi connectivity index (χ0v) is 18.9. The summed E-state index contributed by atoms with van der Waals surface area (Å²) in [4.78, 5) is 33.3. The average Bonchev–Trinajstić information content (AvgIpc) is 3.51. The number of halogens is 2. The Bertz CT molecular complexity index is 1130. The molecule has 2 aliphatic carbocycles. The molecule has 0 spiro atoms. The van der Waals surface area contributed by atoms with Crippen molar-refractivity contribution in [1.29, 1.82) is 0 Å². The molecule has 1 N–H and O–H groups in total. The quantitative estimate of drug-likeness (QED) is 0.576. The fourth-order valence-electron chi connectivity index (χ4n) is 4.31. The number of nitrogens with zero attached hydrogens (tertiary/aromatic N) is 2. The van der Waals surface area contributed by atoms with Gasteiger partial charge in [0.25, 0.3) is 11.8 Å². The first-order valence-corrected chi connectivity index (χ1v) is 11.2. The van der Waals surface area contributed by atoms with Crippen molar-refractivity contribution in [2.24, 2.45) is 21.8 Å². The lowest BCUT2D eigenvalue weighted by Crippen LogP contribution is -2.40. The SMILES string of the molecule is CCC1C=CC(C2=CC3C=C(C(=O)NC(CC4=CN=CC4)C(C)=O)N=C3C(C(C)(F)F)=C2)=C1. The highest BCUT2D eigenvalue weighted by molar-refractivity contribution is 6.13. The molecule has 0 aromatic rings. The van der Waals surface area contributed by atoms with Gasteiger partial charge in [-0.15, -0.1) is 0 Å². The summed E-state index contributed by atoms with van der Waals surface area (Å²) in [6, 6.07) is -0.720. The van der Waals surface area contributed by atoms with Gasteiger partial charge in [0.05, 0.1) is 11.8 Å². The molecular formula is C26H27F2N3O2. The number of nitrogens with one attached hydrogen (secondary N) is 1. The molecule has 2 heterocycles. The fraction of sp³-hybridized carbons (Fsp3) is 0.385. The Balaban J connectivity index is 1.58. The molecule has 0 fully saturated rings. The number of carbonyl (C=O) groups excluding carboxylic acids is 2. The molecule has 0 aromatic heterocycles. The van der Waals surface area contributed by atoms with Crippen LogP contribution in [0.15, 0.2) is 80.6 Å². The molecule has 0 saturated heterocycles. The Morgan fingerprint density at radius 2 is 2.03 bits per heavy atom. The van der Waals surface area contributed by atoms with Crippen molar-refractivity contribution >= 4 is 23.6 Å². The summed E-state index contributed by atoms with van der Waals surface area (Å²) < 4.78 is 29.0. The van der Waals surface area contributed by atoms with E-state index in [-0.39, 0.29) is 22.8 Å². The second kappa shape index (κ2) is 8.96. The third kappa shape index (κ3) is 4.92. The van der Waals surface area contributed by atoms with Gasteiger partial charge in [0, 0.05) is 37.3 Å². The van der Waals surface area contributed by atoms with Crippen molar-refractivity contribution in [3.05, 3.63) is 70.6 Å². The van der Waals surface area contributed by atoms with Gasteiger partial charge < -0.3 is 5.32 Å². The summed E-state index contributed by atoms with van der Waals surface area (Å²) in [6.45, 7) is 4.33. The van der Waals surface area contributed by atoms with Gasteiger partial charge in [-0.2, -0.15) is 0 Å². The Morgan fingerprint density at radius 3 is 2.64 bits per heavy atom. The second-order valence-corrected chi connectivity index (χ2v) is 8.86. The number of Topliss-reactive ketones (excluding diaryl/α,β-unsaturated/α-hetero) is 1. The first-order chi connectivity index (χ1) is 15.7. The molecule has 2 aliphatic heterocycles. The van der Waals surface area contributed by atoms with E-state index < -0.39 is 23.8 Å². The maximum Gasteiger partial charge on any atom is 0.272 e. The first kappa shape index (κ1) is 23.0. The highest BCUT2D eigenvalue weighted by atomic mass is 19.3. The molecule has 172 valence electrons. The van der Waals surface area contributed by atoms with Crippen LogP contribution in [0.3, 0.4) is 0 Å². The molecule has 3 unspecified atom stereocenters. The number of amides is 1. The molecule has 4 rings (SSSR count). The van der Waals surface area contributed by atoms with Crippen LogP contribution in [0, 0.1) is 11.8 Å². The number of ketones is 1. The summed E-state index contributed by atoms with van der Waals surface area (Å²) in [5.74, 6) is -4.08. The van der Waals surface area contributed by atoms with E-state index in [9.17, 15) is 18.4 Å². The maximum atomic E-state index is 14.5. The molecule has 0 bridgehead atoms.